The number of nitrogens with zero attached hydrogens (tertiary/aromatic N) is 2. The van der Waals surface area contributed by atoms with E-state index in [-0.39, 0.29) is 0 Å². The molecule has 1 aromatic rings. The summed E-state index contributed by atoms with van der Waals surface area (Å²) < 4.78 is 31.6. The number of likely N-dealkylation sites (N-methyl/N-ethyl adjacent to an activating group) is 1. The molecule has 0 fully saturated rings. The molecule has 0 atom stereocenters. The molecule has 2 N–H and O–H groups in total. The molecular formula is C11H14N2O4S. The number of rotatable bonds is 1. The SMILES string of the molecule is CN1C=CC(c2ccncc2)=CC1.O=S(=O)(O)O. The second-order valence-corrected chi connectivity index (χ2v) is 4.49. The van der Waals surface area contributed by atoms with E-state index in [9.17, 15) is 0 Å². The van der Waals surface area contributed by atoms with Crippen LogP contribution in [0.3, 0.4) is 0 Å². The van der Waals surface area contributed by atoms with E-state index in [2.05, 4.69) is 35.3 Å². The highest BCUT2D eigenvalue weighted by Crippen LogP contribution is 2.17. The van der Waals surface area contributed by atoms with Crippen molar-refractivity contribution in [2.75, 3.05) is 13.6 Å². The topological polar surface area (TPSA) is 90.7 Å². The van der Waals surface area contributed by atoms with E-state index in [4.69, 9.17) is 17.5 Å². The van der Waals surface area contributed by atoms with Gasteiger partial charge in [0.15, 0.2) is 0 Å². The van der Waals surface area contributed by atoms with E-state index in [0.29, 0.717) is 0 Å². The van der Waals surface area contributed by atoms with E-state index in [1.54, 1.807) is 0 Å². The predicted octanol–water partition coefficient (Wildman–Crippen LogP) is 1.27. The highest BCUT2D eigenvalue weighted by atomic mass is 32.3. The first-order valence-corrected chi connectivity index (χ1v) is 6.45. The van der Waals surface area contributed by atoms with Gasteiger partial charge in [-0.2, -0.15) is 8.42 Å². The summed E-state index contributed by atoms with van der Waals surface area (Å²) in [5, 5.41) is 0. The normalized spacial score (nSPS) is 14.6. The highest BCUT2D eigenvalue weighted by Gasteiger charge is 2.01. The zero-order valence-electron chi connectivity index (χ0n) is 9.76. The quantitative estimate of drug-likeness (QED) is 0.747. The molecule has 0 bridgehead atoms. The summed E-state index contributed by atoms with van der Waals surface area (Å²) in [5.74, 6) is 0. The van der Waals surface area contributed by atoms with Gasteiger partial charge in [0, 0.05) is 26.0 Å². The third-order valence-corrected chi connectivity index (χ3v) is 2.12. The smallest absolute Gasteiger partial charge is 0.377 e. The van der Waals surface area contributed by atoms with Gasteiger partial charge in [-0.25, -0.2) is 0 Å². The van der Waals surface area contributed by atoms with Crippen molar-refractivity contribution in [3.05, 3.63) is 48.4 Å². The Balaban J connectivity index is 0.000000280. The van der Waals surface area contributed by atoms with Gasteiger partial charge in [-0.05, 0) is 35.5 Å². The Morgan fingerprint density at radius 1 is 1.28 bits per heavy atom. The van der Waals surface area contributed by atoms with Gasteiger partial charge in [0.05, 0.1) is 0 Å². The third-order valence-electron chi connectivity index (χ3n) is 2.12. The fourth-order valence-electron chi connectivity index (χ4n) is 1.34. The predicted molar refractivity (Wildman–Crippen MR) is 68.2 cm³/mol. The van der Waals surface area contributed by atoms with Crippen molar-refractivity contribution in [2.45, 2.75) is 0 Å². The van der Waals surface area contributed by atoms with Crippen molar-refractivity contribution < 1.29 is 17.5 Å². The highest BCUT2D eigenvalue weighted by molar-refractivity contribution is 7.79. The lowest BCUT2D eigenvalue weighted by molar-refractivity contribution is 0.381. The van der Waals surface area contributed by atoms with E-state index in [1.807, 2.05) is 24.5 Å². The molecule has 98 valence electrons. The first-order chi connectivity index (χ1) is 8.36. The average Bonchev–Trinajstić information content (AvgIpc) is 2.29. The van der Waals surface area contributed by atoms with Gasteiger partial charge in [0.1, 0.15) is 0 Å². The van der Waals surface area contributed by atoms with Crippen LogP contribution in [0.5, 0.6) is 0 Å². The van der Waals surface area contributed by atoms with Gasteiger partial charge in [-0.3, -0.25) is 14.1 Å². The number of allylic oxidation sites excluding steroid dienone is 2. The summed E-state index contributed by atoms with van der Waals surface area (Å²) in [7, 11) is -2.60. The van der Waals surface area contributed by atoms with Crippen molar-refractivity contribution in [1.82, 2.24) is 9.88 Å². The molecule has 0 spiro atoms. The van der Waals surface area contributed by atoms with Crippen molar-refractivity contribution >= 4 is 16.0 Å². The molecule has 1 aliphatic heterocycles. The van der Waals surface area contributed by atoms with Crippen LogP contribution in [0.25, 0.3) is 5.57 Å². The van der Waals surface area contributed by atoms with E-state index >= 15 is 0 Å². The van der Waals surface area contributed by atoms with Gasteiger partial charge < -0.3 is 4.90 Å². The van der Waals surface area contributed by atoms with Gasteiger partial charge in [-0.15, -0.1) is 0 Å². The van der Waals surface area contributed by atoms with Crippen LogP contribution in [0.4, 0.5) is 0 Å². The molecule has 6 nitrogen and oxygen atoms in total. The molecule has 2 rings (SSSR count). The molecule has 1 aliphatic rings. The molecule has 0 saturated heterocycles. The lowest BCUT2D eigenvalue weighted by Gasteiger charge is -2.16. The number of pyridine rings is 1. The molecule has 0 unspecified atom stereocenters. The van der Waals surface area contributed by atoms with Gasteiger partial charge in [0.2, 0.25) is 0 Å². The summed E-state index contributed by atoms with van der Waals surface area (Å²) in [4.78, 5) is 6.14. The molecule has 0 amide bonds. The van der Waals surface area contributed by atoms with Gasteiger partial charge in [-0.1, -0.05) is 6.08 Å². The van der Waals surface area contributed by atoms with Crippen LogP contribution < -0.4 is 0 Å². The lowest BCUT2D eigenvalue weighted by Crippen LogP contribution is -2.13. The summed E-state index contributed by atoms with van der Waals surface area (Å²) in [6, 6.07) is 4.06. The second kappa shape index (κ2) is 6.29. The standard InChI is InChI=1S/C11H12N2.H2O4S/c1-13-8-4-11(5-9-13)10-2-6-12-7-3-10;1-5(2,3)4/h2-8H,9H2,1H3;(H2,1,2,3,4). The Bertz CT molecular complexity index is 529. The first-order valence-electron chi connectivity index (χ1n) is 5.05. The first kappa shape index (κ1) is 14.4. The molecule has 0 aromatic carbocycles. The molecule has 2 heterocycles. The largest absolute Gasteiger partial charge is 0.394 e. The van der Waals surface area contributed by atoms with E-state index in [1.165, 1.54) is 11.1 Å². The maximum atomic E-state index is 8.74. The summed E-state index contributed by atoms with van der Waals surface area (Å²) in [6.45, 7) is 0.980. The number of hydrogen-bond donors (Lipinski definition) is 2. The molecule has 18 heavy (non-hydrogen) atoms. The van der Waals surface area contributed by atoms with Crippen LogP contribution in [0.2, 0.25) is 0 Å². The van der Waals surface area contributed by atoms with Crippen molar-refractivity contribution in [3.63, 3.8) is 0 Å². The molecule has 0 saturated carbocycles. The van der Waals surface area contributed by atoms with Crippen LogP contribution in [0, 0.1) is 0 Å². The molecule has 1 aromatic heterocycles. The molecular weight excluding hydrogens is 256 g/mol. The van der Waals surface area contributed by atoms with Crippen molar-refractivity contribution in [2.24, 2.45) is 0 Å². The van der Waals surface area contributed by atoms with Crippen LogP contribution >= 0.6 is 0 Å². The maximum Gasteiger partial charge on any atom is 0.394 e. The van der Waals surface area contributed by atoms with Gasteiger partial charge >= 0.3 is 10.4 Å². The Kier molecular flexibility index (Phi) is 5.02. The van der Waals surface area contributed by atoms with Crippen LogP contribution in [0.15, 0.2) is 42.9 Å². The van der Waals surface area contributed by atoms with Crippen LogP contribution in [-0.2, 0) is 10.4 Å². The Labute approximate surface area is 106 Å². The second-order valence-electron chi connectivity index (χ2n) is 3.60. The van der Waals surface area contributed by atoms with Crippen LogP contribution in [0.1, 0.15) is 5.56 Å². The molecule has 7 heteroatoms. The van der Waals surface area contributed by atoms with E-state index in [0.717, 1.165) is 6.54 Å². The minimum Gasteiger partial charge on any atom is -0.377 e. The summed E-state index contributed by atoms with van der Waals surface area (Å²) in [5.41, 5.74) is 2.51. The molecule has 0 aliphatic carbocycles. The van der Waals surface area contributed by atoms with Crippen LogP contribution in [-0.4, -0.2) is 41.0 Å². The summed E-state index contributed by atoms with van der Waals surface area (Å²) >= 11 is 0. The molecule has 0 radical (unpaired) electrons. The lowest BCUT2D eigenvalue weighted by atomic mass is 10.1. The van der Waals surface area contributed by atoms with Crippen molar-refractivity contribution in [3.8, 4) is 0 Å². The Morgan fingerprint density at radius 3 is 2.28 bits per heavy atom. The van der Waals surface area contributed by atoms with Crippen molar-refractivity contribution in [1.29, 1.82) is 0 Å². The fraction of sp³-hybridized carbons (Fsp3) is 0.182. The monoisotopic (exact) mass is 270 g/mol. The Hall–Kier alpha value is -1.70. The minimum absolute atomic E-state index is 0.980. The zero-order valence-corrected chi connectivity index (χ0v) is 10.6. The zero-order chi connectivity index (χ0) is 13.6. The average molecular weight is 270 g/mol. The summed E-state index contributed by atoms with van der Waals surface area (Å²) in [6.07, 6.45) is 10.1. The minimum atomic E-state index is -4.67. The van der Waals surface area contributed by atoms with Gasteiger partial charge in [0.25, 0.3) is 0 Å². The number of hydrogen-bond acceptors (Lipinski definition) is 4. The fourth-order valence-corrected chi connectivity index (χ4v) is 1.34. The Morgan fingerprint density at radius 2 is 1.83 bits per heavy atom. The maximum absolute atomic E-state index is 8.74. The third kappa shape index (κ3) is 6.14. The number of aromatic nitrogens is 1. The van der Waals surface area contributed by atoms with E-state index < -0.39 is 10.4 Å².